The van der Waals surface area contributed by atoms with E-state index in [1.54, 1.807) is 0 Å². The molecule has 0 amide bonds. The molecule has 3 rings (SSSR count). The SMILES string of the molecule is COC(=O)C1(Cl)OC12CCc1ccccc1C2. The van der Waals surface area contributed by atoms with E-state index in [0.717, 1.165) is 12.8 Å². The highest BCUT2D eigenvalue weighted by atomic mass is 35.5. The van der Waals surface area contributed by atoms with Crippen molar-refractivity contribution in [3.8, 4) is 0 Å². The maximum absolute atomic E-state index is 11.6. The van der Waals surface area contributed by atoms with Crippen LogP contribution < -0.4 is 0 Å². The van der Waals surface area contributed by atoms with Gasteiger partial charge in [0.2, 0.25) is 0 Å². The number of hydrogen-bond donors (Lipinski definition) is 0. The van der Waals surface area contributed by atoms with Gasteiger partial charge in [0.05, 0.1) is 7.11 Å². The fourth-order valence-electron chi connectivity index (χ4n) is 2.67. The van der Waals surface area contributed by atoms with Crippen molar-refractivity contribution in [2.75, 3.05) is 7.11 Å². The Morgan fingerprint density at radius 1 is 1.41 bits per heavy atom. The molecule has 0 saturated carbocycles. The van der Waals surface area contributed by atoms with Gasteiger partial charge >= 0.3 is 5.97 Å². The van der Waals surface area contributed by atoms with Crippen molar-refractivity contribution in [1.82, 2.24) is 0 Å². The maximum Gasteiger partial charge on any atom is 0.357 e. The lowest BCUT2D eigenvalue weighted by atomic mass is 9.81. The Morgan fingerprint density at radius 2 is 2.12 bits per heavy atom. The number of rotatable bonds is 1. The van der Waals surface area contributed by atoms with Gasteiger partial charge in [0, 0.05) is 6.42 Å². The number of alkyl halides is 1. The van der Waals surface area contributed by atoms with Gasteiger partial charge in [-0.05, 0) is 24.0 Å². The zero-order valence-corrected chi connectivity index (χ0v) is 10.3. The predicted octanol–water partition coefficient (Wildman–Crippen LogP) is 2.05. The molecule has 2 aliphatic rings. The summed E-state index contributed by atoms with van der Waals surface area (Å²) in [4.78, 5) is 11.6. The van der Waals surface area contributed by atoms with E-state index in [9.17, 15) is 4.79 Å². The molecule has 1 aliphatic carbocycles. The van der Waals surface area contributed by atoms with Gasteiger partial charge in [0.1, 0.15) is 5.60 Å². The fourth-order valence-corrected chi connectivity index (χ4v) is 3.06. The van der Waals surface area contributed by atoms with Gasteiger partial charge < -0.3 is 9.47 Å². The minimum Gasteiger partial charge on any atom is -0.466 e. The number of epoxide rings is 1. The lowest BCUT2D eigenvalue weighted by Gasteiger charge is -2.22. The molecule has 17 heavy (non-hydrogen) atoms. The summed E-state index contributed by atoms with van der Waals surface area (Å²) in [6, 6.07) is 8.19. The number of aryl methyl sites for hydroxylation is 1. The van der Waals surface area contributed by atoms with Crippen LogP contribution in [-0.2, 0) is 27.1 Å². The van der Waals surface area contributed by atoms with E-state index in [-0.39, 0.29) is 0 Å². The zero-order valence-electron chi connectivity index (χ0n) is 9.53. The lowest BCUT2D eigenvalue weighted by molar-refractivity contribution is -0.143. The van der Waals surface area contributed by atoms with Crippen molar-refractivity contribution < 1.29 is 14.3 Å². The molecule has 4 heteroatoms. The average Bonchev–Trinajstić information content (AvgIpc) is 2.93. The van der Waals surface area contributed by atoms with E-state index in [4.69, 9.17) is 21.1 Å². The second kappa shape index (κ2) is 3.47. The van der Waals surface area contributed by atoms with Crippen molar-refractivity contribution in [3.05, 3.63) is 35.4 Å². The van der Waals surface area contributed by atoms with Crippen LogP contribution in [0.2, 0.25) is 0 Å². The summed E-state index contributed by atoms with van der Waals surface area (Å²) in [6.07, 6.45) is 2.34. The Labute approximate surface area is 105 Å². The monoisotopic (exact) mass is 252 g/mol. The van der Waals surface area contributed by atoms with Gasteiger partial charge in [-0.15, -0.1) is 0 Å². The van der Waals surface area contributed by atoms with Crippen molar-refractivity contribution in [2.45, 2.75) is 29.9 Å². The Kier molecular flexibility index (Phi) is 2.25. The molecule has 1 fully saturated rings. The Bertz CT molecular complexity index is 487. The second-order valence-corrected chi connectivity index (χ2v) is 5.16. The van der Waals surface area contributed by atoms with Crippen molar-refractivity contribution in [3.63, 3.8) is 0 Å². The predicted molar refractivity (Wildman–Crippen MR) is 62.9 cm³/mol. The first-order chi connectivity index (χ1) is 8.11. The number of carbonyl (C=O) groups is 1. The first-order valence-corrected chi connectivity index (χ1v) is 6.03. The average molecular weight is 253 g/mol. The first-order valence-electron chi connectivity index (χ1n) is 5.66. The van der Waals surface area contributed by atoms with Crippen molar-refractivity contribution >= 4 is 17.6 Å². The molecule has 2 unspecified atom stereocenters. The van der Waals surface area contributed by atoms with Crippen LogP contribution >= 0.6 is 11.6 Å². The van der Waals surface area contributed by atoms with Crippen molar-refractivity contribution in [1.29, 1.82) is 0 Å². The summed E-state index contributed by atoms with van der Waals surface area (Å²) in [5.41, 5.74) is 1.97. The van der Waals surface area contributed by atoms with Gasteiger partial charge in [-0.1, -0.05) is 35.9 Å². The quantitative estimate of drug-likeness (QED) is 0.436. The lowest BCUT2D eigenvalue weighted by Crippen LogP contribution is -2.34. The number of hydrogen-bond acceptors (Lipinski definition) is 3. The highest BCUT2D eigenvalue weighted by Gasteiger charge is 2.75. The molecule has 0 bridgehead atoms. The molecular formula is C13H13ClO3. The highest BCUT2D eigenvalue weighted by Crippen LogP contribution is 2.58. The smallest absolute Gasteiger partial charge is 0.357 e. The Morgan fingerprint density at radius 3 is 2.82 bits per heavy atom. The second-order valence-electron chi connectivity index (χ2n) is 4.63. The molecule has 1 heterocycles. The third-order valence-electron chi connectivity index (χ3n) is 3.72. The number of benzene rings is 1. The summed E-state index contributed by atoms with van der Waals surface area (Å²) in [5, 5.41) is -1.27. The van der Waals surface area contributed by atoms with Crippen LogP contribution in [0.4, 0.5) is 0 Å². The van der Waals surface area contributed by atoms with Crippen LogP contribution in [0.3, 0.4) is 0 Å². The van der Waals surface area contributed by atoms with Crippen LogP contribution in [0.25, 0.3) is 0 Å². The molecule has 0 N–H and O–H groups in total. The van der Waals surface area contributed by atoms with E-state index >= 15 is 0 Å². The molecule has 90 valence electrons. The van der Waals surface area contributed by atoms with Gasteiger partial charge in [-0.3, -0.25) is 0 Å². The number of halogens is 1. The third-order valence-corrected chi connectivity index (χ3v) is 4.30. The number of fused-ring (bicyclic) bond motifs is 1. The van der Waals surface area contributed by atoms with Crippen LogP contribution in [0, 0.1) is 0 Å². The van der Waals surface area contributed by atoms with Crippen molar-refractivity contribution in [2.24, 2.45) is 0 Å². The maximum atomic E-state index is 11.6. The largest absolute Gasteiger partial charge is 0.466 e. The van der Waals surface area contributed by atoms with Gasteiger partial charge in [0.25, 0.3) is 5.06 Å². The molecule has 1 spiro atoms. The number of methoxy groups -OCH3 is 1. The summed E-state index contributed by atoms with van der Waals surface area (Å²) >= 11 is 6.20. The topological polar surface area (TPSA) is 38.8 Å². The number of esters is 1. The van der Waals surface area contributed by atoms with Gasteiger partial charge in [0.15, 0.2) is 0 Å². The number of carbonyl (C=O) groups excluding carboxylic acids is 1. The van der Waals surface area contributed by atoms with Crippen LogP contribution in [0.5, 0.6) is 0 Å². The molecule has 1 saturated heterocycles. The van der Waals surface area contributed by atoms with Crippen LogP contribution in [0.1, 0.15) is 17.5 Å². The Balaban J connectivity index is 1.89. The summed E-state index contributed by atoms with van der Waals surface area (Å²) < 4.78 is 10.2. The zero-order chi connectivity index (χ0) is 12.1. The normalized spacial score (nSPS) is 34.2. The van der Waals surface area contributed by atoms with E-state index in [1.807, 2.05) is 12.1 Å². The molecule has 2 atom stereocenters. The molecular weight excluding hydrogens is 240 g/mol. The van der Waals surface area contributed by atoms with Crippen LogP contribution in [0.15, 0.2) is 24.3 Å². The van der Waals surface area contributed by atoms with Crippen LogP contribution in [-0.4, -0.2) is 23.7 Å². The van der Waals surface area contributed by atoms with Gasteiger partial charge in [-0.2, -0.15) is 0 Å². The first kappa shape index (κ1) is 11.1. The van der Waals surface area contributed by atoms with E-state index in [1.165, 1.54) is 18.2 Å². The summed E-state index contributed by atoms with van der Waals surface area (Å²) in [7, 11) is 1.33. The molecule has 1 aromatic rings. The van der Waals surface area contributed by atoms with E-state index < -0.39 is 16.6 Å². The molecule has 0 aromatic heterocycles. The molecule has 1 aliphatic heterocycles. The summed E-state index contributed by atoms with van der Waals surface area (Å²) in [6.45, 7) is 0. The minimum atomic E-state index is -1.27. The fraction of sp³-hybridized carbons (Fsp3) is 0.462. The highest BCUT2D eigenvalue weighted by molar-refractivity contribution is 6.36. The Hall–Kier alpha value is -1.06. The van der Waals surface area contributed by atoms with E-state index in [2.05, 4.69) is 12.1 Å². The van der Waals surface area contributed by atoms with E-state index in [0.29, 0.717) is 6.42 Å². The number of ether oxygens (including phenoxy) is 2. The standard InChI is InChI=1S/C13H13ClO3/c1-16-11(15)13(14)12(17-13)7-6-9-4-2-3-5-10(9)8-12/h2-5H,6-8H2,1H3. The third kappa shape index (κ3) is 1.42. The van der Waals surface area contributed by atoms with Gasteiger partial charge in [-0.25, -0.2) is 4.79 Å². The molecule has 3 nitrogen and oxygen atoms in total. The molecule has 1 aromatic carbocycles. The minimum absolute atomic E-state index is 0.487. The summed E-state index contributed by atoms with van der Waals surface area (Å²) in [5.74, 6) is -0.487. The molecule has 0 radical (unpaired) electrons.